The Morgan fingerprint density at radius 2 is 2.00 bits per heavy atom. The maximum absolute atomic E-state index is 12.5. The molecule has 2 aromatic carbocycles. The lowest BCUT2D eigenvalue weighted by atomic mass is 10.1. The predicted molar refractivity (Wildman–Crippen MR) is 95.5 cm³/mol. The highest BCUT2D eigenvalue weighted by Crippen LogP contribution is 2.28. The molecule has 1 amide bonds. The summed E-state index contributed by atoms with van der Waals surface area (Å²) in [5, 5.41) is 3.27. The van der Waals surface area contributed by atoms with Gasteiger partial charge in [0.2, 0.25) is 0 Å². The van der Waals surface area contributed by atoms with E-state index in [-0.39, 0.29) is 11.7 Å². The lowest BCUT2D eigenvalue weighted by molar-refractivity contribution is 0.102. The number of ether oxygens (including phenoxy) is 1. The molecule has 1 N–H and O–H groups in total. The summed E-state index contributed by atoms with van der Waals surface area (Å²) in [6.45, 7) is 0. The topological polar surface area (TPSA) is 68.5 Å². The number of carbonyl (C=O) groups excluding carboxylic acids is 2. The van der Waals surface area contributed by atoms with E-state index in [0.717, 1.165) is 0 Å². The molecule has 5 nitrogen and oxygen atoms in total. The summed E-state index contributed by atoms with van der Waals surface area (Å²) in [4.78, 5) is 23.3. The van der Waals surface area contributed by atoms with E-state index in [2.05, 4.69) is 5.32 Å². The normalized spacial score (nSPS) is 10.3. The second kappa shape index (κ2) is 7.23. The molecule has 6 heteroatoms. The van der Waals surface area contributed by atoms with Gasteiger partial charge >= 0.3 is 0 Å². The number of carbonyl (C=O) groups is 2. The van der Waals surface area contributed by atoms with E-state index in [1.54, 1.807) is 54.6 Å². The van der Waals surface area contributed by atoms with Crippen molar-refractivity contribution in [3.63, 3.8) is 0 Å². The van der Waals surface area contributed by atoms with Crippen LogP contribution in [-0.2, 0) is 0 Å². The van der Waals surface area contributed by atoms with Gasteiger partial charge in [0.05, 0.1) is 12.8 Å². The van der Waals surface area contributed by atoms with E-state index in [4.69, 9.17) is 20.8 Å². The highest BCUT2D eigenvalue weighted by Gasteiger charge is 2.12. The number of anilines is 1. The van der Waals surface area contributed by atoms with E-state index < -0.39 is 0 Å². The van der Waals surface area contributed by atoms with Gasteiger partial charge in [0.15, 0.2) is 12.0 Å². The zero-order valence-electron chi connectivity index (χ0n) is 13.3. The molecule has 126 valence electrons. The van der Waals surface area contributed by atoms with Gasteiger partial charge in [-0.15, -0.1) is 0 Å². The number of furan rings is 1. The van der Waals surface area contributed by atoms with Crippen molar-refractivity contribution in [3.8, 4) is 17.1 Å². The quantitative estimate of drug-likeness (QED) is 0.675. The number of halogens is 1. The van der Waals surface area contributed by atoms with Crippen LogP contribution in [0.5, 0.6) is 5.75 Å². The molecule has 1 heterocycles. The Morgan fingerprint density at radius 3 is 2.72 bits per heavy atom. The minimum absolute atomic E-state index is 0.230. The molecule has 0 aliphatic heterocycles. The van der Waals surface area contributed by atoms with E-state index in [1.165, 1.54) is 7.11 Å². The standard InChI is InChI=1S/C19H14ClNO4/c1-24-18-7-5-14(20)10-16(18)21-19(23)13-4-2-3-12(9-13)17-8-6-15(11-22)25-17/h2-11H,1H3,(H,21,23). The maximum Gasteiger partial charge on any atom is 0.255 e. The van der Waals surface area contributed by atoms with Crippen molar-refractivity contribution in [1.82, 2.24) is 0 Å². The van der Waals surface area contributed by atoms with Crippen molar-refractivity contribution in [2.24, 2.45) is 0 Å². The molecule has 0 aliphatic carbocycles. The van der Waals surface area contributed by atoms with Crippen molar-refractivity contribution in [2.75, 3.05) is 12.4 Å². The lowest BCUT2D eigenvalue weighted by Gasteiger charge is -2.11. The van der Waals surface area contributed by atoms with Crippen LogP contribution in [-0.4, -0.2) is 19.3 Å². The summed E-state index contributed by atoms with van der Waals surface area (Å²) in [6, 6.07) is 15.1. The second-order valence-corrected chi connectivity index (χ2v) is 5.64. The molecule has 3 rings (SSSR count). The molecule has 0 saturated heterocycles. The van der Waals surface area contributed by atoms with Gasteiger partial charge in [0.1, 0.15) is 11.5 Å². The van der Waals surface area contributed by atoms with Crippen LogP contribution >= 0.6 is 11.6 Å². The number of hydrogen-bond donors (Lipinski definition) is 1. The van der Waals surface area contributed by atoms with Crippen LogP contribution in [0.4, 0.5) is 5.69 Å². The summed E-state index contributed by atoms with van der Waals surface area (Å²) in [6.07, 6.45) is 0.630. The van der Waals surface area contributed by atoms with Crippen LogP contribution in [0.2, 0.25) is 5.02 Å². The van der Waals surface area contributed by atoms with Crippen molar-refractivity contribution in [3.05, 3.63) is 70.9 Å². The van der Waals surface area contributed by atoms with Gasteiger partial charge in [-0.1, -0.05) is 23.7 Å². The second-order valence-electron chi connectivity index (χ2n) is 5.20. The Morgan fingerprint density at radius 1 is 1.16 bits per heavy atom. The number of aldehydes is 1. The molecule has 0 spiro atoms. The minimum Gasteiger partial charge on any atom is -0.495 e. The summed E-state index contributed by atoms with van der Waals surface area (Å²) in [5.74, 6) is 0.936. The Kier molecular flexibility index (Phi) is 4.86. The van der Waals surface area contributed by atoms with Gasteiger partial charge in [-0.05, 0) is 42.5 Å². The molecular formula is C19H14ClNO4. The van der Waals surface area contributed by atoms with Crippen LogP contribution in [0.25, 0.3) is 11.3 Å². The number of rotatable bonds is 5. The average molecular weight is 356 g/mol. The third-order valence-corrected chi connectivity index (χ3v) is 3.80. The molecule has 1 aromatic heterocycles. The van der Waals surface area contributed by atoms with E-state index in [0.29, 0.717) is 39.6 Å². The highest BCUT2D eigenvalue weighted by molar-refractivity contribution is 6.31. The largest absolute Gasteiger partial charge is 0.495 e. The first-order valence-electron chi connectivity index (χ1n) is 7.41. The first-order valence-corrected chi connectivity index (χ1v) is 7.79. The molecule has 0 aliphatic rings. The molecule has 0 fully saturated rings. The fraction of sp³-hybridized carbons (Fsp3) is 0.0526. The van der Waals surface area contributed by atoms with Crippen LogP contribution in [0, 0.1) is 0 Å². The van der Waals surface area contributed by atoms with Crippen molar-refractivity contribution >= 4 is 29.5 Å². The first-order chi connectivity index (χ1) is 12.1. The number of nitrogens with one attached hydrogen (secondary N) is 1. The van der Waals surface area contributed by atoms with Gasteiger partial charge < -0.3 is 14.5 Å². The predicted octanol–water partition coefficient (Wildman–Crippen LogP) is 4.67. The van der Waals surface area contributed by atoms with Crippen molar-refractivity contribution in [2.45, 2.75) is 0 Å². The van der Waals surface area contributed by atoms with Gasteiger partial charge in [0.25, 0.3) is 5.91 Å². The Balaban J connectivity index is 1.87. The van der Waals surface area contributed by atoms with E-state index in [9.17, 15) is 9.59 Å². The molecule has 0 saturated carbocycles. The van der Waals surface area contributed by atoms with Gasteiger partial charge in [-0.3, -0.25) is 9.59 Å². The third-order valence-electron chi connectivity index (χ3n) is 3.56. The molecule has 0 unspecified atom stereocenters. The van der Waals surface area contributed by atoms with Crippen LogP contribution in [0.1, 0.15) is 20.9 Å². The van der Waals surface area contributed by atoms with Crippen LogP contribution in [0.3, 0.4) is 0 Å². The third kappa shape index (κ3) is 3.72. The Hall–Kier alpha value is -3.05. The van der Waals surface area contributed by atoms with Gasteiger partial charge in [-0.2, -0.15) is 0 Å². The molecule has 3 aromatic rings. The Labute approximate surface area is 149 Å². The monoisotopic (exact) mass is 355 g/mol. The molecule has 0 atom stereocenters. The van der Waals surface area contributed by atoms with Crippen LogP contribution in [0.15, 0.2) is 59.0 Å². The number of amides is 1. The fourth-order valence-corrected chi connectivity index (χ4v) is 2.53. The molecule has 0 radical (unpaired) electrons. The highest BCUT2D eigenvalue weighted by atomic mass is 35.5. The summed E-state index contributed by atoms with van der Waals surface area (Å²) < 4.78 is 10.6. The Bertz CT molecular complexity index is 933. The first kappa shape index (κ1) is 16.8. The van der Waals surface area contributed by atoms with Crippen molar-refractivity contribution < 1.29 is 18.7 Å². The number of methoxy groups -OCH3 is 1. The van der Waals surface area contributed by atoms with Gasteiger partial charge in [-0.25, -0.2) is 0 Å². The molecule has 25 heavy (non-hydrogen) atoms. The van der Waals surface area contributed by atoms with E-state index in [1.807, 2.05) is 0 Å². The zero-order valence-corrected chi connectivity index (χ0v) is 14.0. The maximum atomic E-state index is 12.5. The number of benzene rings is 2. The molecule has 0 bridgehead atoms. The fourth-order valence-electron chi connectivity index (χ4n) is 2.36. The van der Waals surface area contributed by atoms with Crippen molar-refractivity contribution in [1.29, 1.82) is 0 Å². The van der Waals surface area contributed by atoms with Gasteiger partial charge in [0, 0.05) is 16.1 Å². The van der Waals surface area contributed by atoms with E-state index >= 15 is 0 Å². The summed E-state index contributed by atoms with van der Waals surface area (Å²) >= 11 is 5.98. The molecular weight excluding hydrogens is 342 g/mol. The summed E-state index contributed by atoms with van der Waals surface area (Å²) in [5.41, 5.74) is 1.61. The SMILES string of the molecule is COc1ccc(Cl)cc1NC(=O)c1cccc(-c2ccc(C=O)o2)c1. The zero-order chi connectivity index (χ0) is 17.8. The smallest absolute Gasteiger partial charge is 0.255 e. The van der Waals surface area contributed by atoms with Crippen LogP contribution < -0.4 is 10.1 Å². The lowest BCUT2D eigenvalue weighted by Crippen LogP contribution is -2.12. The average Bonchev–Trinajstić information content (AvgIpc) is 3.11. The number of hydrogen-bond acceptors (Lipinski definition) is 4. The summed E-state index contributed by atoms with van der Waals surface area (Å²) in [7, 11) is 1.51. The minimum atomic E-state index is -0.315.